The Hall–Kier alpha value is -1.49. The van der Waals surface area contributed by atoms with Crippen LogP contribution in [0.4, 0.5) is 5.69 Å². The lowest BCUT2D eigenvalue weighted by Crippen LogP contribution is -2.31. The van der Waals surface area contributed by atoms with E-state index in [4.69, 9.17) is 21.7 Å². The second kappa shape index (κ2) is 6.61. The van der Waals surface area contributed by atoms with E-state index in [-0.39, 0.29) is 0 Å². The van der Waals surface area contributed by atoms with Crippen molar-refractivity contribution in [2.45, 2.75) is 20.3 Å². The van der Waals surface area contributed by atoms with Crippen molar-refractivity contribution in [2.24, 2.45) is 5.92 Å². The third-order valence-corrected chi connectivity index (χ3v) is 2.92. The Bertz CT molecular complexity index is 449. The first-order chi connectivity index (χ1) is 9.15. The Balaban J connectivity index is 1.97. The summed E-state index contributed by atoms with van der Waals surface area (Å²) in [4.78, 5) is 0. The van der Waals surface area contributed by atoms with E-state index in [1.165, 1.54) is 0 Å². The van der Waals surface area contributed by atoms with Crippen LogP contribution < -0.4 is 20.1 Å². The number of benzene rings is 1. The summed E-state index contributed by atoms with van der Waals surface area (Å²) >= 11 is 5.24. The van der Waals surface area contributed by atoms with Crippen molar-refractivity contribution in [3.63, 3.8) is 0 Å². The Morgan fingerprint density at radius 3 is 2.74 bits per heavy atom. The normalized spacial score (nSPS) is 13.8. The van der Waals surface area contributed by atoms with Gasteiger partial charge in [0.2, 0.25) is 0 Å². The number of ether oxygens (including phenoxy) is 2. The minimum absolute atomic E-state index is 0.559. The van der Waals surface area contributed by atoms with Crippen molar-refractivity contribution in [1.82, 2.24) is 5.32 Å². The van der Waals surface area contributed by atoms with Gasteiger partial charge in [0, 0.05) is 24.7 Å². The Labute approximate surface area is 119 Å². The first-order valence-electron chi connectivity index (χ1n) is 6.59. The Morgan fingerprint density at radius 2 is 2.00 bits per heavy atom. The number of nitrogens with one attached hydrogen (secondary N) is 2. The lowest BCUT2D eigenvalue weighted by molar-refractivity contribution is 0.297. The minimum Gasteiger partial charge on any atom is -0.490 e. The van der Waals surface area contributed by atoms with Crippen LogP contribution in [0.2, 0.25) is 0 Å². The number of hydrogen-bond acceptors (Lipinski definition) is 3. The van der Waals surface area contributed by atoms with Gasteiger partial charge in [0.15, 0.2) is 16.6 Å². The fourth-order valence-electron chi connectivity index (χ4n) is 1.71. The summed E-state index contributed by atoms with van der Waals surface area (Å²) in [5, 5.41) is 6.95. The zero-order valence-electron chi connectivity index (χ0n) is 11.4. The van der Waals surface area contributed by atoms with Crippen LogP contribution in [0.25, 0.3) is 0 Å². The van der Waals surface area contributed by atoms with Gasteiger partial charge in [0.25, 0.3) is 0 Å². The van der Waals surface area contributed by atoms with Gasteiger partial charge in [-0.25, -0.2) is 0 Å². The zero-order valence-corrected chi connectivity index (χ0v) is 12.2. The van der Waals surface area contributed by atoms with Crippen LogP contribution in [-0.2, 0) is 0 Å². The van der Waals surface area contributed by atoms with Crippen molar-refractivity contribution in [2.75, 3.05) is 25.1 Å². The van der Waals surface area contributed by atoms with E-state index in [1.807, 2.05) is 18.2 Å². The van der Waals surface area contributed by atoms with Gasteiger partial charge in [-0.2, -0.15) is 0 Å². The fraction of sp³-hybridized carbons (Fsp3) is 0.500. The summed E-state index contributed by atoms with van der Waals surface area (Å²) in [6.07, 6.45) is 0.909. The highest BCUT2D eigenvalue weighted by molar-refractivity contribution is 7.80. The van der Waals surface area contributed by atoms with Crippen LogP contribution in [0.15, 0.2) is 18.2 Å². The van der Waals surface area contributed by atoms with Gasteiger partial charge >= 0.3 is 0 Å². The molecule has 1 heterocycles. The van der Waals surface area contributed by atoms with Gasteiger partial charge < -0.3 is 20.1 Å². The zero-order chi connectivity index (χ0) is 13.7. The van der Waals surface area contributed by atoms with Crippen molar-refractivity contribution in [3.8, 4) is 11.5 Å². The average molecular weight is 280 g/mol. The van der Waals surface area contributed by atoms with Crippen molar-refractivity contribution < 1.29 is 9.47 Å². The molecule has 1 aliphatic heterocycles. The summed E-state index contributed by atoms with van der Waals surface area (Å²) in [7, 11) is 0. The summed E-state index contributed by atoms with van der Waals surface area (Å²) in [6.45, 7) is 6.53. The number of hydrogen-bond donors (Lipinski definition) is 2. The molecule has 0 saturated heterocycles. The maximum absolute atomic E-state index is 5.64. The largest absolute Gasteiger partial charge is 0.490 e. The molecule has 0 spiro atoms. The maximum Gasteiger partial charge on any atom is 0.170 e. The Morgan fingerprint density at radius 1 is 1.26 bits per heavy atom. The van der Waals surface area contributed by atoms with Crippen LogP contribution in [0.1, 0.15) is 20.3 Å². The molecule has 1 aromatic rings. The summed E-state index contributed by atoms with van der Waals surface area (Å²) in [5.74, 6) is 2.13. The van der Waals surface area contributed by atoms with Gasteiger partial charge in [-0.1, -0.05) is 13.8 Å². The molecule has 0 radical (unpaired) electrons. The van der Waals surface area contributed by atoms with Crippen LogP contribution in [0.3, 0.4) is 0 Å². The van der Waals surface area contributed by atoms with Crippen LogP contribution in [0, 0.1) is 5.92 Å². The predicted octanol–water partition coefficient (Wildman–Crippen LogP) is 2.79. The maximum atomic E-state index is 5.64. The topological polar surface area (TPSA) is 42.5 Å². The van der Waals surface area contributed by atoms with Gasteiger partial charge in [-0.05, 0) is 30.3 Å². The number of anilines is 1. The smallest absolute Gasteiger partial charge is 0.170 e. The van der Waals surface area contributed by atoms with Gasteiger partial charge in [0.1, 0.15) is 0 Å². The Kier molecular flexibility index (Phi) is 4.85. The fourth-order valence-corrected chi connectivity index (χ4v) is 1.91. The highest BCUT2D eigenvalue weighted by Gasteiger charge is 2.11. The molecule has 1 aromatic carbocycles. The van der Waals surface area contributed by atoms with Gasteiger partial charge in [-0.15, -0.1) is 0 Å². The average Bonchev–Trinajstić information content (AvgIpc) is 2.61. The lowest BCUT2D eigenvalue weighted by atomic mass is 10.2. The van der Waals surface area contributed by atoms with Gasteiger partial charge in [0.05, 0.1) is 13.2 Å². The van der Waals surface area contributed by atoms with E-state index >= 15 is 0 Å². The first kappa shape index (κ1) is 13.9. The van der Waals surface area contributed by atoms with E-state index in [9.17, 15) is 0 Å². The van der Waals surface area contributed by atoms with Crippen molar-refractivity contribution >= 4 is 23.0 Å². The third-order valence-electron chi connectivity index (χ3n) is 2.68. The quantitative estimate of drug-likeness (QED) is 0.833. The summed E-state index contributed by atoms with van der Waals surface area (Å²) < 4.78 is 11.2. The number of fused-ring (bicyclic) bond motifs is 1. The SMILES string of the molecule is CC(C)CNC(=S)Nc1ccc2c(c1)OCCCO2. The highest BCUT2D eigenvalue weighted by Crippen LogP contribution is 2.32. The molecule has 2 rings (SSSR count). The second-order valence-electron chi connectivity index (χ2n) is 4.94. The predicted molar refractivity (Wildman–Crippen MR) is 81.1 cm³/mol. The lowest BCUT2D eigenvalue weighted by Gasteiger charge is -2.14. The molecule has 104 valence electrons. The molecule has 0 aromatic heterocycles. The van der Waals surface area contributed by atoms with Gasteiger partial charge in [-0.3, -0.25) is 0 Å². The molecular formula is C14H20N2O2S. The number of rotatable bonds is 3. The standard InChI is InChI=1S/C14H20N2O2S/c1-10(2)9-15-14(19)16-11-4-5-12-13(8-11)18-7-3-6-17-12/h4-5,8,10H,3,6-7,9H2,1-2H3,(H2,15,16,19). The summed E-state index contributed by atoms with van der Waals surface area (Å²) in [5.41, 5.74) is 0.908. The van der Waals surface area contributed by atoms with E-state index in [0.29, 0.717) is 24.2 Å². The molecule has 19 heavy (non-hydrogen) atoms. The van der Waals surface area contributed by atoms with E-state index < -0.39 is 0 Å². The molecule has 1 aliphatic rings. The molecule has 4 nitrogen and oxygen atoms in total. The van der Waals surface area contributed by atoms with Crippen LogP contribution in [0.5, 0.6) is 11.5 Å². The molecular weight excluding hydrogens is 260 g/mol. The number of thiocarbonyl (C=S) groups is 1. The molecule has 0 unspecified atom stereocenters. The molecule has 0 amide bonds. The van der Waals surface area contributed by atoms with Crippen LogP contribution in [-0.4, -0.2) is 24.9 Å². The first-order valence-corrected chi connectivity index (χ1v) is 7.00. The molecule has 0 aliphatic carbocycles. The molecule has 2 N–H and O–H groups in total. The monoisotopic (exact) mass is 280 g/mol. The van der Waals surface area contributed by atoms with Crippen molar-refractivity contribution in [1.29, 1.82) is 0 Å². The molecule has 0 saturated carbocycles. The molecule has 0 fully saturated rings. The molecule has 0 bridgehead atoms. The van der Waals surface area contributed by atoms with E-state index in [0.717, 1.165) is 30.2 Å². The molecule has 0 atom stereocenters. The van der Waals surface area contributed by atoms with Crippen molar-refractivity contribution in [3.05, 3.63) is 18.2 Å². The van der Waals surface area contributed by atoms with E-state index in [2.05, 4.69) is 24.5 Å². The second-order valence-corrected chi connectivity index (χ2v) is 5.35. The van der Waals surface area contributed by atoms with Crippen LogP contribution >= 0.6 is 12.2 Å². The minimum atomic E-state index is 0.559. The summed E-state index contributed by atoms with van der Waals surface area (Å²) in [6, 6.07) is 5.77. The third kappa shape index (κ3) is 4.28. The van der Waals surface area contributed by atoms with E-state index in [1.54, 1.807) is 0 Å². The molecule has 5 heteroatoms. The highest BCUT2D eigenvalue weighted by atomic mass is 32.1.